The van der Waals surface area contributed by atoms with Gasteiger partial charge >= 0.3 is 0 Å². The van der Waals surface area contributed by atoms with Crippen LogP contribution in [0.5, 0.6) is 0 Å². The van der Waals surface area contributed by atoms with E-state index < -0.39 is 0 Å². The number of rotatable bonds is 19. The fraction of sp³-hybridized carbons (Fsp3) is 0.778. The first kappa shape index (κ1) is 25.9. The van der Waals surface area contributed by atoms with Gasteiger partial charge in [-0.15, -0.1) is 0 Å². The molecule has 0 N–H and O–H groups in total. The second kappa shape index (κ2) is 17.7. The van der Waals surface area contributed by atoms with Crippen molar-refractivity contribution in [3.05, 3.63) is 36.3 Å². The molecule has 0 aromatic carbocycles. The number of unbranched alkanes of at least 4 members (excludes halogenated alkanes) is 11. The second-order valence-corrected chi connectivity index (χ2v) is 8.62. The standard InChI is InChI=1S/C27H48O2/c1-4-7-9-11-12-13-14-15-17-24-28-25-23-27(20-16-10-8-5-2)21-18-26(19-22-27)29-6-3/h18-19,21,23,25H,4-17,20,22,24H2,1-3H3. The third-order valence-corrected chi connectivity index (χ3v) is 5.93. The van der Waals surface area contributed by atoms with Crippen LogP contribution in [0.3, 0.4) is 0 Å². The summed E-state index contributed by atoms with van der Waals surface area (Å²) in [5.41, 5.74) is 0.104. The van der Waals surface area contributed by atoms with Gasteiger partial charge in [0.25, 0.3) is 0 Å². The molecule has 0 aliphatic heterocycles. The van der Waals surface area contributed by atoms with Crippen molar-refractivity contribution in [2.45, 2.75) is 117 Å². The summed E-state index contributed by atoms with van der Waals surface area (Å²) in [7, 11) is 0. The lowest BCUT2D eigenvalue weighted by Crippen LogP contribution is -2.17. The van der Waals surface area contributed by atoms with E-state index in [1.54, 1.807) is 0 Å². The maximum Gasteiger partial charge on any atom is 0.115 e. The van der Waals surface area contributed by atoms with E-state index in [0.29, 0.717) is 0 Å². The van der Waals surface area contributed by atoms with Crippen molar-refractivity contribution in [1.29, 1.82) is 0 Å². The molecule has 0 saturated heterocycles. The summed E-state index contributed by atoms with van der Waals surface area (Å²) in [5.74, 6) is 1.01. The molecule has 0 aromatic rings. The predicted molar refractivity (Wildman–Crippen MR) is 127 cm³/mol. The molecule has 0 fully saturated rings. The van der Waals surface area contributed by atoms with Crippen molar-refractivity contribution < 1.29 is 9.47 Å². The molecule has 1 atom stereocenters. The molecule has 0 spiro atoms. The van der Waals surface area contributed by atoms with E-state index in [4.69, 9.17) is 9.47 Å². The molecule has 2 heteroatoms. The maximum atomic E-state index is 5.86. The van der Waals surface area contributed by atoms with Crippen LogP contribution in [0.1, 0.15) is 117 Å². The Bertz CT molecular complexity index is 463. The third-order valence-electron chi connectivity index (χ3n) is 5.93. The Hall–Kier alpha value is -1.18. The van der Waals surface area contributed by atoms with Crippen LogP contribution in [0.25, 0.3) is 0 Å². The lowest BCUT2D eigenvalue weighted by molar-refractivity contribution is 0.229. The summed E-state index contributed by atoms with van der Waals surface area (Å²) in [6, 6.07) is 0. The fourth-order valence-corrected chi connectivity index (χ4v) is 3.97. The third kappa shape index (κ3) is 12.9. The van der Waals surface area contributed by atoms with Crippen LogP contribution < -0.4 is 0 Å². The molecule has 1 aliphatic rings. The summed E-state index contributed by atoms with van der Waals surface area (Å²) < 4.78 is 11.5. The van der Waals surface area contributed by atoms with Gasteiger partial charge in [-0.1, -0.05) is 97.0 Å². The number of allylic oxidation sites excluding steroid dienone is 4. The Labute approximate surface area is 181 Å². The Morgan fingerprint density at radius 3 is 2.03 bits per heavy atom. The maximum absolute atomic E-state index is 5.86. The largest absolute Gasteiger partial charge is 0.501 e. The summed E-state index contributed by atoms with van der Waals surface area (Å²) in [5, 5.41) is 0. The van der Waals surface area contributed by atoms with Crippen molar-refractivity contribution in [2.24, 2.45) is 5.41 Å². The van der Waals surface area contributed by atoms with E-state index in [1.165, 1.54) is 89.9 Å². The van der Waals surface area contributed by atoms with Gasteiger partial charge in [-0.25, -0.2) is 0 Å². The highest BCUT2D eigenvalue weighted by atomic mass is 16.5. The molecule has 1 aliphatic carbocycles. The van der Waals surface area contributed by atoms with E-state index in [1.807, 2.05) is 13.2 Å². The van der Waals surface area contributed by atoms with Gasteiger partial charge in [-0.3, -0.25) is 0 Å². The number of hydrogen-bond donors (Lipinski definition) is 0. The molecule has 1 rings (SSSR count). The quantitative estimate of drug-likeness (QED) is 0.158. The van der Waals surface area contributed by atoms with Crippen molar-refractivity contribution in [2.75, 3.05) is 13.2 Å². The highest BCUT2D eigenvalue weighted by molar-refractivity contribution is 5.26. The normalized spacial score (nSPS) is 18.9. The lowest BCUT2D eigenvalue weighted by Gasteiger charge is -2.29. The van der Waals surface area contributed by atoms with Crippen LogP contribution in [-0.2, 0) is 9.47 Å². The second-order valence-electron chi connectivity index (χ2n) is 8.62. The molecular formula is C27H48O2. The SMILES string of the molecule is CCCCCCCCCCCOC=CC1(CCCCCC)C=CC(OCC)=CC1. The van der Waals surface area contributed by atoms with Gasteiger partial charge in [0.15, 0.2) is 0 Å². The Morgan fingerprint density at radius 2 is 1.45 bits per heavy atom. The van der Waals surface area contributed by atoms with Gasteiger partial charge in [0.05, 0.1) is 19.5 Å². The zero-order chi connectivity index (χ0) is 21.0. The monoisotopic (exact) mass is 404 g/mol. The average Bonchev–Trinajstić information content (AvgIpc) is 2.74. The highest BCUT2D eigenvalue weighted by Gasteiger charge is 2.25. The van der Waals surface area contributed by atoms with Gasteiger partial charge < -0.3 is 9.47 Å². The van der Waals surface area contributed by atoms with E-state index in [9.17, 15) is 0 Å². The average molecular weight is 405 g/mol. The summed E-state index contributed by atoms with van der Waals surface area (Å²) >= 11 is 0. The summed E-state index contributed by atoms with van der Waals surface area (Å²) in [6.07, 6.45) is 30.6. The minimum absolute atomic E-state index is 0.104. The molecule has 0 saturated carbocycles. The van der Waals surface area contributed by atoms with Crippen molar-refractivity contribution in [1.82, 2.24) is 0 Å². The number of hydrogen-bond acceptors (Lipinski definition) is 2. The number of ether oxygens (including phenoxy) is 2. The molecule has 0 aromatic heterocycles. The first-order valence-electron chi connectivity index (χ1n) is 12.6. The highest BCUT2D eigenvalue weighted by Crippen LogP contribution is 2.37. The molecule has 2 nitrogen and oxygen atoms in total. The van der Waals surface area contributed by atoms with Crippen molar-refractivity contribution in [3.8, 4) is 0 Å². The van der Waals surface area contributed by atoms with Gasteiger partial charge in [0.2, 0.25) is 0 Å². The van der Waals surface area contributed by atoms with E-state index in [2.05, 4.69) is 38.2 Å². The van der Waals surface area contributed by atoms with Crippen LogP contribution >= 0.6 is 0 Å². The van der Waals surface area contributed by atoms with E-state index in [-0.39, 0.29) is 5.41 Å². The van der Waals surface area contributed by atoms with E-state index in [0.717, 1.165) is 25.4 Å². The Morgan fingerprint density at radius 1 is 0.828 bits per heavy atom. The minimum Gasteiger partial charge on any atom is -0.501 e. The molecular weight excluding hydrogens is 356 g/mol. The topological polar surface area (TPSA) is 18.5 Å². The van der Waals surface area contributed by atoms with Gasteiger partial charge in [-0.2, -0.15) is 0 Å². The molecule has 0 radical (unpaired) electrons. The van der Waals surface area contributed by atoms with Crippen molar-refractivity contribution >= 4 is 0 Å². The molecule has 1 unspecified atom stereocenters. The molecule has 0 heterocycles. The van der Waals surface area contributed by atoms with Crippen LogP contribution in [0.2, 0.25) is 0 Å². The Kier molecular flexibility index (Phi) is 15.7. The minimum atomic E-state index is 0.104. The molecule has 29 heavy (non-hydrogen) atoms. The first-order valence-corrected chi connectivity index (χ1v) is 12.6. The van der Waals surface area contributed by atoms with Crippen LogP contribution in [0, 0.1) is 5.41 Å². The molecule has 168 valence electrons. The van der Waals surface area contributed by atoms with E-state index >= 15 is 0 Å². The zero-order valence-electron chi connectivity index (χ0n) is 19.7. The Balaban J connectivity index is 2.25. The van der Waals surface area contributed by atoms with Gasteiger partial charge in [0, 0.05) is 5.41 Å². The van der Waals surface area contributed by atoms with Crippen LogP contribution in [-0.4, -0.2) is 13.2 Å². The smallest absolute Gasteiger partial charge is 0.115 e. The van der Waals surface area contributed by atoms with Gasteiger partial charge in [0.1, 0.15) is 5.76 Å². The molecule has 0 bridgehead atoms. The molecule has 0 amide bonds. The van der Waals surface area contributed by atoms with Crippen LogP contribution in [0.15, 0.2) is 36.3 Å². The fourth-order valence-electron chi connectivity index (χ4n) is 3.97. The summed E-state index contributed by atoms with van der Waals surface area (Å²) in [4.78, 5) is 0. The van der Waals surface area contributed by atoms with Crippen LogP contribution in [0.4, 0.5) is 0 Å². The van der Waals surface area contributed by atoms with Gasteiger partial charge in [-0.05, 0) is 44.4 Å². The summed E-state index contributed by atoms with van der Waals surface area (Å²) in [6.45, 7) is 8.18. The van der Waals surface area contributed by atoms with Crippen molar-refractivity contribution in [3.63, 3.8) is 0 Å². The predicted octanol–water partition coefficient (Wildman–Crippen LogP) is 8.88. The zero-order valence-corrected chi connectivity index (χ0v) is 19.7. The first-order chi connectivity index (χ1) is 14.3. The lowest BCUT2D eigenvalue weighted by atomic mass is 9.77.